The van der Waals surface area contributed by atoms with Gasteiger partial charge in [0, 0.05) is 48.9 Å². The van der Waals surface area contributed by atoms with Crippen LogP contribution in [-0.2, 0) is 32.3 Å². The van der Waals surface area contributed by atoms with Crippen molar-refractivity contribution in [1.82, 2.24) is 0 Å². The van der Waals surface area contributed by atoms with Crippen molar-refractivity contribution < 1.29 is 38.6 Å². The molecule has 0 aromatic heterocycles. The van der Waals surface area contributed by atoms with Crippen molar-refractivity contribution in [2.24, 2.45) is 0 Å². The lowest BCUT2D eigenvalue weighted by atomic mass is 9.91. The van der Waals surface area contributed by atoms with Crippen LogP contribution in [-0.4, -0.2) is 29.1 Å². The van der Waals surface area contributed by atoms with Gasteiger partial charge in [0.1, 0.15) is 35.4 Å². The first-order valence-corrected chi connectivity index (χ1v) is 19.4. The number of hydrogen-bond acceptors (Lipinski definition) is 9. The number of hydrogen-bond donors (Lipinski definition) is 1. The molecule has 0 fully saturated rings. The summed E-state index contributed by atoms with van der Waals surface area (Å²) < 4.78 is 24.4. The summed E-state index contributed by atoms with van der Waals surface area (Å²) in [6, 6.07) is 44.3. The van der Waals surface area contributed by atoms with Gasteiger partial charge in [-0.3, -0.25) is 10.1 Å². The maximum atomic E-state index is 13.9. The Bertz CT molecular complexity index is 2710. The van der Waals surface area contributed by atoms with Crippen LogP contribution in [0.4, 0.5) is 5.69 Å². The molecule has 8 rings (SSSR count). The fraction of sp³-hybridized carbons (Fsp3) is 0.120. The van der Waals surface area contributed by atoms with Crippen molar-refractivity contribution in [2.75, 3.05) is 7.11 Å². The highest BCUT2D eigenvalue weighted by molar-refractivity contribution is 5.92. The van der Waals surface area contributed by atoms with Crippen LogP contribution < -0.4 is 18.9 Å². The number of carbonyl (C=O) groups is 2. The lowest BCUT2D eigenvalue weighted by Gasteiger charge is -2.21. The molecule has 7 aromatic rings. The maximum absolute atomic E-state index is 13.9. The Kier molecular flexibility index (Phi) is 11.4. The van der Waals surface area contributed by atoms with E-state index < -0.39 is 16.9 Å². The molecule has 10 heteroatoms. The minimum Gasteiger partial charge on any atom is -0.507 e. The molecule has 298 valence electrons. The van der Waals surface area contributed by atoms with E-state index in [0.29, 0.717) is 50.4 Å². The molecule has 0 radical (unpaired) electrons. The van der Waals surface area contributed by atoms with E-state index in [4.69, 9.17) is 18.9 Å². The third-order valence-electron chi connectivity index (χ3n) is 10.5. The van der Waals surface area contributed by atoms with Crippen LogP contribution >= 0.6 is 0 Å². The van der Waals surface area contributed by atoms with Crippen molar-refractivity contribution in [2.45, 2.75) is 32.3 Å². The fourth-order valence-corrected chi connectivity index (χ4v) is 7.47. The lowest BCUT2D eigenvalue weighted by Crippen LogP contribution is -2.14. The van der Waals surface area contributed by atoms with Gasteiger partial charge in [-0.15, -0.1) is 0 Å². The van der Waals surface area contributed by atoms with Gasteiger partial charge in [-0.1, -0.05) is 103 Å². The van der Waals surface area contributed by atoms with Crippen molar-refractivity contribution >= 4 is 17.6 Å². The molecule has 7 aromatic carbocycles. The number of para-hydroxylation sites is 3. The smallest absolute Gasteiger partial charge is 0.343 e. The summed E-state index contributed by atoms with van der Waals surface area (Å²) in [6.07, 6.45) is 0.503. The van der Waals surface area contributed by atoms with Crippen LogP contribution in [0.5, 0.6) is 28.7 Å². The molecule has 0 heterocycles. The fourth-order valence-electron chi connectivity index (χ4n) is 7.47. The van der Waals surface area contributed by atoms with Gasteiger partial charge < -0.3 is 24.1 Å². The standard InChI is InChI=1S/C50H39NO9/c1-57-44-23-21-34(22-24-44)50(54)60-48-41-26-36-16-8-15-35(45(36)52)25-37-17-9-18-38(46(37)58-31-32-11-4-2-5-12-32)27-39-19-10-20-40(28-42(48)30-43(29-41)51(55)56)47(39)59-49(53)33-13-6-3-7-14-33/h2-24,29-30,52H,25-28,31H2,1H3. The highest BCUT2D eigenvalue weighted by Crippen LogP contribution is 2.40. The number of nitrogens with zero attached hydrogens (tertiary/aromatic N) is 1. The van der Waals surface area contributed by atoms with E-state index in [1.54, 1.807) is 66.7 Å². The predicted octanol–water partition coefficient (Wildman–Crippen LogP) is 10.0. The molecule has 1 aliphatic carbocycles. The largest absolute Gasteiger partial charge is 0.507 e. The van der Waals surface area contributed by atoms with E-state index in [0.717, 1.165) is 16.7 Å². The summed E-state index contributed by atoms with van der Waals surface area (Å²) in [5, 5.41) is 24.4. The first kappa shape index (κ1) is 39.1. The minimum absolute atomic E-state index is 0.00447. The zero-order chi connectivity index (χ0) is 41.6. The Balaban J connectivity index is 1.32. The monoisotopic (exact) mass is 797 g/mol. The van der Waals surface area contributed by atoms with Crippen LogP contribution in [0.2, 0.25) is 0 Å². The van der Waals surface area contributed by atoms with Crippen LogP contribution in [0, 0.1) is 10.1 Å². The number of nitro groups is 1. The lowest BCUT2D eigenvalue weighted by molar-refractivity contribution is -0.385. The number of non-ortho nitro benzene ring substituents is 1. The van der Waals surface area contributed by atoms with Gasteiger partial charge in [-0.25, -0.2) is 9.59 Å². The number of phenols is 1. The van der Waals surface area contributed by atoms with Gasteiger partial charge in [0.25, 0.3) is 5.69 Å². The van der Waals surface area contributed by atoms with Crippen molar-refractivity contribution in [3.05, 3.63) is 223 Å². The minimum atomic E-state index is -0.701. The number of aromatic hydroxyl groups is 1. The van der Waals surface area contributed by atoms with Crippen molar-refractivity contribution in [3.8, 4) is 28.7 Å². The second-order valence-electron chi connectivity index (χ2n) is 14.4. The molecule has 0 atom stereocenters. The number of methoxy groups -OCH3 is 1. The van der Waals surface area contributed by atoms with Crippen LogP contribution in [0.25, 0.3) is 0 Å². The van der Waals surface area contributed by atoms with E-state index in [2.05, 4.69) is 0 Å². The number of phenolic OH excluding ortho intramolecular Hbond substituents is 1. The summed E-state index contributed by atoms with van der Waals surface area (Å²) in [5.41, 5.74) is 5.76. The number of nitro benzene ring substituents is 1. The third kappa shape index (κ3) is 8.58. The van der Waals surface area contributed by atoms with E-state index in [9.17, 15) is 24.8 Å². The molecule has 0 aliphatic heterocycles. The Morgan fingerprint density at radius 3 is 1.52 bits per heavy atom. The summed E-state index contributed by atoms with van der Waals surface area (Å²) in [6.45, 7) is 0.290. The quantitative estimate of drug-likeness (QED) is 0.0655. The highest BCUT2D eigenvalue weighted by Gasteiger charge is 2.26. The Morgan fingerprint density at radius 2 is 0.983 bits per heavy atom. The molecule has 0 saturated carbocycles. The van der Waals surface area contributed by atoms with Gasteiger partial charge in [0.05, 0.1) is 23.2 Å². The summed E-state index contributed by atoms with van der Waals surface area (Å²) >= 11 is 0. The zero-order valence-electron chi connectivity index (χ0n) is 32.6. The second-order valence-corrected chi connectivity index (χ2v) is 14.4. The van der Waals surface area contributed by atoms with Crippen LogP contribution in [0.1, 0.15) is 70.8 Å². The summed E-state index contributed by atoms with van der Waals surface area (Å²) in [4.78, 5) is 39.7. The van der Waals surface area contributed by atoms with E-state index in [-0.39, 0.29) is 60.8 Å². The van der Waals surface area contributed by atoms with Gasteiger partial charge in [-0.05, 0) is 75.3 Å². The second kappa shape index (κ2) is 17.4. The number of esters is 2. The highest BCUT2D eigenvalue weighted by atomic mass is 16.6. The maximum Gasteiger partial charge on any atom is 0.343 e. The molecular formula is C50H39NO9. The Labute approximate surface area is 346 Å². The van der Waals surface area contributed by atoms with Gasteiger partial charge in [0.15, 0.2) is 0 Å². The van der Waals surface area contributed by atoms with Crippen LogP contribution in [0.3, 0.4) is 0 Å². The molecule has 1 aliphatic rings. The first-order valence-electron chi connectivity index (χ1n) is 19.4. The average molecular weight is 798 g/mol. The number of carbonyl (C=O) groups excluding carboxylic acids is 2. The van der Waals surface area contributed by atoms with Crippen LogP contribution in [0.15, 0.2) is 152 Å². The first-order chi connectivity index (χ1) is 29.2. The molecular weight excluding hydrogens is 759 g/mol. The van der Waals surface area contributed by atoms with E-state index in [1.165, 1.54) is 19.2 Å². The average Bonchev–Trinajstić information content (AvgIpc) is 3.27. The molecule has 0 unspecified atom stereocenters. The molecule has 8 bridgehead atoms. The molecule has 60 heavy (non-hydrogen) atoms. The topological polar surface area (TPSA) is 134 Å². The number of ether oxygens (including phenoxy) is 4. The Morgan fingerprint density at radius 1 is 0.550 bits per heavy atom. The third-order valence-corrected chi connectivity index (χ3v) is 10.5. The zero-order valence-corrected chi connectivity index (χ0v) is 32.6. The van der Waals surface area contributed by atoms with E-state index >= 15 is 0 Å². The van der Waals surface area contributed by atoms with Crippen molar-refractivity contribution in [1.29, 1.82) is 0 Å². The molecule has 10 nitrogen and oxygen atoms in total. The number of benzene rings is 7. The normalized spacial score (nSPS) is 11.9. The summed E-state index contributed by atoms with van der Waals surface area (Å²) in [5.74, 6) is 0.250. The summed E-state index contributed by atoms with van der Waals surface area (Å²) in [7, 11) is 1.52. The van der Waals surface area contributed by atoms with Crippen molar-refractivity contribution in [3.63, 3.8) is 0 Å². The number of fused-ring (bicyclic) bond motifs is 8. The van der Waals surface area contributed by atoms with E-state index in [1.807, 2.05) is 72.8 Å². The van der Waals surface area contributed by atoms with Gasteiger partial charge >= 0.3 is 11.9 Å². The molecule has 0 amide bonds. The molecule has 0 saturated heterocycles. The van der Waals surface area contributed by atoms with Gasteiger partial charge in [-0.2, -0.15) is 0 Å². The number of rotatable bonds is 9. The molecule has 1 N–H and O–H groups in total. The van der Waals surface area contributed by atoms with Gasteiger partial charge in [0.2, 0.25) is 0 Å². The SMILES string of the molecule is COc1ccc(C(=O)Oc2c3cc([N+](=O)[O-])cc2Cc2cccc(c2OC(=O)c2ccccc2)Cc2cccc(c2OCc2ccccc2)Cc2cccc(c2O)C3)cc1. The molecule has 0 spiro atoms. The Hall–Kier alpha value is -7.72. The predicted molar refractivity (Wildman–Crippen MR) is 225 cm³/mol.